The number of esters is 3. The zero-order valence-corrected chi connectivity index (χ0v) is 52.1. The lowest BCUT2D eigenvalue weighted by molar-refractivity contribution is -0.166. The molecule has 1 unspecified atom stereocenters. The van der Waals surface area contributed by atoms with E-state index >= 15 is 0 Å². The Labute approximate surface area is 489 Å². The molecule has 0 aromatic heterocycles. The average molecular weight is 1100 g/mol. The van der Waals surface area contributed by atoms with E-state index in [0.29, 0.717) is 19.3 Å². The first-order chi connectivity index (χ1) is 39.0. The zero-order chi connectivity index (χ0) is 57.1. The second-order valence-corrected chi connectivity index (χ2v) is 22.4. The van der Waals surface area contributed by atoms with Crippen LogP contribution in [0.25, 0.3) is 0 Å². The van der Waals surface area contributed by atoms with Gasteiger partial charge in [0.15, 0.2) is 6.10 Å². The molecule has 0 aromatic rings. The van der Waals surface area contributed by atoms with Crippen LogP contribution >= 0.6 is 0 Å². The van der Waals surface area contributed by atoms with Crippen molar-refractivity contribution in [3.05, 3.63) is 97.2 Å². The van der Waals surface area contributed by atoms with Crippen LogP contribution in [0.1, 0.15) is 329 Å². The first-order valence-electron chi connectivity index (χ1n) is 33.7. The maximum atomic E-state index is 12.9. The Kier molecular flexibility index (Phi) is 63.7. The SMILES string of the molecule is CC/C=C\C/C=C\C/C=C\C/C=C\C/C=C\C/C=C\CCC(=O)OC(COC(=O)CCCCCCCCCCCCC)COC(=O)CCCCCCCCCCCCCCCCCCCCC/C=C\C/C=C\CCCCCCC. The van der Waals surface area contributed by atoms with Gasteiger partial charge in [-0.15, -0.1) is 0 Å². The molecule has 6 nitrogen and oxygen atoms in total. The first-order valence-corrected chi connectivity index (χ1v) is 33.7. The molecule has 0 heterocycles. The van der Waals surface area contributed by atoms with Gasteiger partial charge >= 0.3 is 17.9 Å². The summed E-state index contributed by atoms with van der Waals surface area (Å²) in [5.41, 5.74) is 0. The minimum absolute atomic E-state index is 0.104. The van der Waals surface area contributed by atoms with Gasteiger partial charge in [-0.3, -0.25) is 14.4 Å². The fraction of sp³-hybridized carbons (Fsp3) is 0.740. The molecule has 0 aromatic carbocycles. The number of carbonyl (C=O) groups is 3. The third-order valence-corrected chi connectivity index (χ3v) is 14.6. The highest BCUT2D eigenvalue weighted by atomic mass is 16.6. The van der Waals surface area contributed by atoms with Crippen molar-refractivity contribution in [3.63, 3.8) is 0 Å². The summed E-state index contributed by atoms with van der Waals surface area (Å²) in [4.78, 5) is 38.2. The summed E-state index contributed by atoms with van der Waals surface area (Å²) < 4.78 is 16.8. The van der Waals surface area contributed by atoms with E-state index in [2.05, 4.69) is 112 Å². The van der Waals surface area contributed by atoms with E-state index < -0.39 is 6.10 Å². The van der Waals surface area contributed by atoms with E-state index in [0.717, 1.165) is 83.5 Å². The second-order valence-electron chi connectivity index (χ2n) is 22.4. The van der Waals surface area contributed by atoms with E-state index in [4.69, 9.17) is 14.2 Å². The molecular weight excluding hydrogens is 973 g/mol. The molecule has 0 aliphatic rings. The molecule has 0 aliphatic carbocycles. The maximum Gasteiger partial charge on any atom is 0.306 e. The number of hydrogen-bond acceptors (Lipinski definition) is 6. The second kappa shape index (κ2) is 66.8. The van der Waals surface area contributed by atoms with Crippen LogP contribution in [0, 0.1) is 0 Å². The molecule has 6 heteroatoms. The lowest BCUT2D eigenvalue weighted by atomic mass is 10.0. The summed E-state index contributed by atoms with van der Waals surface area (Å²) in [6.07, 6.45) is 90.3. The van der Waals surface area contributed by atoms with E-state index in [1.807, 2.05) is 6.08 Å². The number of hydrogen-bond donors (Lipinski definition) is 0. The summed E-state index contributed by atoms with van der Waals surface area (Å²) >= 11 is 0. The van der Waals surface area contributed by atoms with Gasteiger partial charge in [0, 0.05) is 19.3 Å². The predicted octanol–water partition coefficient (Wildman–Crippen LogP) is 23.2. The van der Waals surface area contributed by atoms with Gasteiger partial charge in [0.05, 0.1) is 0 Å². The molecule has 0 aliphatic heterocycles. The Morgan fingerprint density at radius 1 is 0.266 bits per heavy atom. The normalized spacial score (nSPS) is 12.7. The van der Waals surface area contributed by atoms with Crippen molar-refractivity contribution in [2.75, 3.05) is 13.2 Å². The molecule has 0 bridgehead atoms. The number of unbranched alkanes of at least 4 members (excludes halogenated alkanes) is 34. The van der Waals surface area contributed by atoms with Gasteiger partial charge in [-0.25, -0.2) is 0 Å². The quantitative estimate of drug-likeness (QED) is 0.0261. The van der Waals surface area contributed by atoms with Crippen molar-refractivity contribution in [1.82, 2.24) is 0 Å². The minimum Gasteiger partial charge on any atom is -0.462 e. The zero-order valence-electron chi connectivity index (χ0n) is 52.1. The van der Waals surface area contributed by atoms with Crippen LogP contribution in [0.15, 0.2) is 97.2 Å². The van der Waals surface area contributed by atoms with Crippen molar-refractivity contribution in [1.29, 1.82) is 0 Å². The van der Waals surface area contributed by atoms with Crippen LogP contribution in [0.4, 0.5) is 0 Å². The number of ether oxygens (including phenoxy) is 3. The molecule has 0 N–H and O–H groups in total. The van der Waals surface area contributed by atoms with Crippen LogP contribution in [0.5, 0.6) is 0 Å². The fourth-order valence-electron chi connectivity index (χ4n) is 9.56. The summed E-state index contributed by atoms with van der Waals surface area (Å²) in [6.45, 7) is 6.48. The fourth-order valence-corrected chi connectivity index (χ4v) is 9.56. The highest BCUT2D eigenvalue weighted by Crippen LogP contribution is 2.17. The van der Waals surface area contributed by atoms with Gasteiger partial charge in [-0.1, -0.05) is 317 Å². The molecule has 0 rings (SSSR count). The monoisotopic (exact) mass is 1100 g/mol. The molecule has 0 fully saturated rings. The van der Waals surface area contributed by atoms with E-state index in [1.165, 1.54) is 199 Å². The molecule has 0 saturated heterocycles. The largest absolute Gasteiger partial charge is 0.462 e. The van der Waals surface area contributed by atoms with Gasteiger partial charge in [0.1, 0.15) is 13.2 Å². The van der Waals surface area contributed by atoms with E-state index in [1.54, 1.807) is 0 Å². The van der Waals surface area contributed by atoms with Crippen LogP contribution in [0.3, 0.4) is 0 Å². The van der Waals surface area contributed by atoms with Crippen molar-refractivity contribution in [3.8, 4) is 0 Å². The first kappa shape index (κ1) is 75.3. The molecule has 0 amide bonds. The van der Waals surface area contributed by atoms with Gasteiger partial charge in [0.2, 0.25) is 0 Å². The molecule has 1 atom stereocenters. The van der Waals surface area contributed by atoms with Crippen LogP contribution in [-0.4, -0.2) is 37.2 Å². The third kappa shape index (κ3) is 65.0. The minimum atomic E-state index is -0.816. The Morgan fingerprint density at radius 3 is 0.823 bits per heavy atom. The lowest BCUT2D eigenvalue weighted by Gasteiger charge is -2.18. The molecule has 0 radical (unpaired) electrons. The van der Waals surface area contributed by atoms with Gasteiger partial charge in [0.25, 0.3) is 0 Å². The van der Waals surface area contributed by atoms with E-state index in [-0.39, 0.29) is 37.5 Å². The molecule has 0 spiro atoms. The summed E-state index contributed by atoms with van der Waals surface area (Å²) in [5, 5.41) is 0. The van der Waals surface area contributed by atoms with Gasteiger partial charge in [-0.2, -0.15) is 0 Å². The van der Waals surface area contributed by atoms with Crippen molar-refractivity contribution in [2.45, 2.75) is 335 Å². The Morgan fingerprint density at radius 2 is 0.519 bits per heavy atom. The maximum absolute atomic E-state index is 12.9. The number of allylic oxidation sites excluding steroid dienone is 16. The molecule has 0 saturated carbocycles. The highest BCUT2D eigenvalue weighted by molar-refractivity contribution is 5.71. The molecule has 454 valence electrons. The average Bonchev–Trinajstić information content (AvgIpc) is 3.45. The molecular formula is C73H126O6. The highest BCUT2D eigenvalue weighted by Gasteiger charge is 2.19. The predicted molar refractivity (Wildman–Crippen MR) is 344 cm³/mol. The van der Waals surface area contributed by atoms with Crippen molar-refractivity contribution in [2.24, 2.45) is 0 Å². The van der Waals surface area contributed by atoms with Crippen LogP contribution < -0.4 is 0 Å². The number of rotatable bonds is 61. The van der Waals surface area contributed by atoms with Gasteiger partial charge < -0.3 is 14.2 Å². The Balaban J connectivity index is 4.23. The third-order valence-electron chi connectivity index (χ3n) is 14.6. The smallest absolute Gasteiger partial charge is 0.306 e. The molecule has 79 heavy (non-hydrogen) atoms. The van der Waals surface area contributed by atoms with Crippen molar-refractivity contribution < 1.29 is 28.6 Å². The number of carbonyl (C=O) groups excluding carboxylic acids is 3. The standard InChI is InChI=1S/C73H126O6/c1-4-7-10-13-16-19-22-24-26-28-30-31-32-33-34-35-36-37-38-39-40-41-43-44-46-48-51-54-57-60-63-66-72(75)78-69-70(68-77-71(74)65-62-59-56-53-50-21-18-15-12-9-6-3)79-73(76)67-64-61-58-55-52-49-47-45-42-29-27-25-23-20-17-14-11-8-5-2/h8,11,17,20,22,24-25,27-28,30,42,45,49,52,58,61,70H,4-7,9-10,12-16,18-19,21,23,26,29,31-41,43-44,46-48,50-51,53-57,59-60,62-69H2,1-3H3/b11-8-,20-17-,24-22-,27-25-,30-28-,45-42-,52-49-,61-58-. The summed E-state index contributed by atoms with van der Waals surface area (Å²) in [5.74, 6) is -0.978. The van der Waals surface area contributed by atoms with Gasteiger partial charge in [-0.05, 0) is 89.9 Å². The topological polar surface area (TPSA) is 78.9 Å². The summed E-state index contributed by atoms with van der Waals surface area (Å²) in [7, 11) is 0. The van der Waals surface area contributed by atoms with Crippen molar-refractivity contribution >= 4 is 17.9 Å². The van der Waals surface area contributed by atoms with E-state index in [9.17, 15) is 14.4 Å². The Hall–Kier alpha value is -3.67. The summed E-state index contributed by atoms with van der Waals surface area (Å²) in [6, 6.07) is 0. The van der Waals surface area contributed by atoms with Crippen LogP contribution in [-0.2, 0) is 28.6 Å². The Bertz CT molecular complexity index is 1540. The lowest BCUT2D eigenvalue weighted by Crippen LogP contribution is -2.30. The van der Waals surface area contributed by atoms with Crippen LogP contribution in [0.2, 0.25) is 0 Å².